The van der Waals surface area contributed by atoms with Gasteiger partial charge in [0.1, 0.15) is 0 Å². The van der Waals surface area contributed by atoms with Gasteiger partial charge in [-0.2, -0.15) is 0 Å². The first-order valence-corrected chi connectivity index (χ1v) is 4.61. The second-order valence-electron chi connectivity index (χ2n) is 3.25. The number of nitrogens with zero attached hydrogens (tertiary/aromatic N) is 2. The van der Waals surface area contributed by atoms with E-state index < -0.39 is 0 Å². The number of anilines is 2. The number of hydrogen-bond donors (Lipinski definition) is 2. The van der Waals surface area contributed by atoms with Crippen LogP contribution in [0.3, 0.4) is 0 Å². The predicted octanol–water partition coefficient (Wildman–Crippen LogP) is 1.57. The molecule has 0 spiro atoms. The smallest absolute Gasteiger partial charge is 0.156 e. The lowest BCUT2D eigenvalue weighted by molar-refractivity contribution is 0.384. The van der Waals surface area contributed by atoms with Crippen LogP contribution in [-0.4, -0.2) is 10.1 Å². The summed E-state index contributed by atoms with van der Waals surface area (Å²) in [4.78, 5) is 3.90. The van der Waals surface area contributed by atoms with E-state index in [1.807, 2.05) is 19.1 Å². The van der Waals surface area contributed by atoms with E-state index in [1.165, 1.54) is 0 Å². The van der Waals surface area contributed by atoms with E-state index in [-0.39, 0.29) is 0 Å². The van der Waals surface area contributed by atoms with Gasteiger partial charge in [0, 0.05) is 12.3 Å². The maximum absolute atomic E-state index is 5.72. The molecule has 0 atom stereocenters. The molecule has 2 aromatic rings. The van der Waals surface area contributed by atoms with Crippen LogP contribution in [0.4, 0.5) is 11.4 Å². The average molecular weight is 204 g/mol. The summed E-state index contributed by atoms with van der Waals surface area (Å²) in [5.74, 6) is 0.781. The fraction of sp³-hybridized carbons (Fsp3) is 0.200. The fourth-order valence-corrected chi connectivity index (χ4v) is 1.25. The zero-order valence-electron chi connectivity index (χ0n) is 8.40. The van der Waals surface area contributed by atoms with Gasteiger partial charge in [-0.1, -0.05) is 5.16 Å². The summed E-state index contributed by atoms with van der Waals surface area (Å²) in [6, 6.07) is 3.70. The number of aryl methyl sites for hydroxylation is 1. The molecule has 15 heavy (non-hydrogen) atoms. The number of hydrogen-bond acceptors (Lipinski definition) is 5. The van der Waals surface area contributed by atoms with Crippen LogP contribution >= 0.6 is 0 Å². The largest absolute Gasteiger partial charge is 0.396 e. The summed E-state index contributed by atoms with van der Waals surface area (Å²) in [7, 11) is 0. The first kappa shape index (κ1) is 9.51. The standard InChI is InChI=1S/C10H12N4O/c1-7-4-8(15-14-7)5-13-10-2-3-12-6-9(10)11/h2-4,6H,5,11H2,1H3,(H,12,13). The molecule has 0 unspecified atom stereocenters. The van der Waals surface area contributed by atoms with Gasteiger partial charge in [0.05, 0.1) is 29.8 Å². The lowest BCUT2D eigenvalue weighted by atomic mass is 10.3. The van der Waals surface area contributed by atoms with Crippen molar-refractivity contribution < 1.29 is 4.52 Å². The minimum Gasteiger partial charge on any atom is -0.396 e. The van der Waals surface area contributed by atoms with Gasteiger partial charge in [0.15, 0.2) is 5.76 Å². The van der Waals surface area contributed by atoms with Gasteiger partial charge in [-0.05, 0) is 13.0 Å². The zero-order chi connectivity index (χ0) is 10.7. The molecule has 0 bridgehead atoms. The summed E-state index contributed by atoms with van der Waals surface area (Å²) >= 11 is 0. The van der Waals surface area contributed by atoms with Gasteiger partial charge < -0.3 is 15.6 Å². The van der Waals surface area contributed by atoms with Gasteiger partial charge in [-0.3, -0.25) is 4.98 Å². The Bertz CT molecular complexity index is 452. The fourth-order valence-electron chi connectivity index (χ4n) is 1.25. The third-order valence-corrected chi connectivity index (χ3v) is 1.98. The van der Waals surface area contributed by atoms with Crippen molar-refractivity contribution in [3.05, 3.63) is 36.0 Å². The highest BCUT2D eigenvalue weighted by Gasteiger charge is 2.01. The molecule has 0 aliphatic carbocycles. The highest BCUT2D eigenvalue weighted by atomic mass is 16.5. The Balaban J connectivity index is 2.02. The number of pyridine rings is 1. The van der Waals surface area contributed by atoms with Crippen LogP contribution in [0.15, 0.2) is 29.0 Å². The predicted molar refractivity (Wildman–Crippen MR) is 57.2 cm³/mol. The second kappa shape index (κ2) is 4.00. The summed E-state index contributed by atoms with van der Waals surface area (Å²) in [5.41, 5.74) is 8.05. The molecule has 5 heteroatoms. The Morgan fingerprint density at radius 2 is 2.40 bits per heavy atom. The van der Waals surface area contributed by atoms with E-state index in [2.05, 4.69) is 15.5 Å². The Labute approximate surface area is 87.3 Å². The van der Waals surface area contributed by atoms with Crippen LogP contribution in [-0.2, 0) is 6.54 Å². The molecular weight excluding hydrogens is 192 g/mol. The van der Waals surface area contributed by atoms with Gasteiger partial charge in [0.2, 0.25) is 0 Å². The molecule has 0 fully saturated rings. The Hall–Kier alpha value is -2.04. The van der Waals surface area contributed by atoms with Crippen molar-refractivity contribution in [2.45, 2.75) is 13.5 Å². The summed E-state index contributed by atoms with van der Waals surface area (Å²) in [6.45, 7) is 2.45. The van der Waals surface area contributed by atoms with Crippen LogP contribution in [0.1, 0.15) is 11.5 Å². The minimum absolute atomic E-state index is 0.565. The maximum Gasteiger partial charge on any atom is 0.156 e. The number of nitrogens with two attached hydrogens (primary N) is 1. The van der Waals surface area contributed by atoms with Crippen molar-refractivity contribution >= 4 is 11.4 Å². The van der Waals surface area contributed by atoms with Gasteiger partial charge >= 0.3 is 0 Å². The van der Waals surface area contributed by atoms with E-state index in [0.717, 1.165) is 17.1 Å². The molecule has 5 nitrogen and oxygen atoms in total. The zero-order valence-corrected chi connectivity index (χ0v) is 8.40. The Morgan fingerprint density at radius 3 is 3.07 bits per heavy atom. The normalized spacial score (nSPS) is 10.2. The number of rotatable bonds is 3. The SMILES string of the molecule is Cc1cc(CNc2ccncc2N)on1. The third-order valence-electron chi connectivity index (χ3n) is 1.98. The van der Waals surface area contributed by atoms with Crippen molar-refractivity contribution in [3.8, 4) is 0 Å². The topological polar surface area (TPSA) is 77.0 Å². The van der Waals surface area contributed by atoms with Crippen LogP contribution in [0.5, 0.6) is 0 Å². The number of nitrogen functional groups attached to an aromatic ring is 1. The van der Waals surface area contributed by atoms with E-state index >= 15 is 0 Å². The van der Waals surface area contributed by atoms with Gasteiger partial charge in [-0.25, -0.2) is 0 Å². The average Bonchev–Trinajstić information content (AvgIpc) is 2.63. The summed E-state index contributed by atoms with van der Waals surface area (Å²) in [6.07, 6.45) is 3.29. The third kappa shape index (κ3) is 2.25. The Kier molecular flexibility index (Phi) is 2.53. The highest BCUT2D eigenvalue weighted by molar-refractivity contribution is 5.64. The lowest BCUT2D eigenvalue weighted by Gasteiger charge is -2.05. The highest BCUT2D eigenvalue weighted by Crippen LogP contribution is 2.16. The minimum atomic E-state index is 0.565. The molecule has 0 aliphatic rings. The van der Waals surface area contributed by atoms with Crippen molar-refractivity contribution in [2.75, 3.05) is 11.1 Å². The molecule has 0 saturated heterocycles. The molecule has 3 N–H and O–H groups in total. The van der Waals surface area contributed by atoms with E-state index in [4.69, 9.17) is 10.3 Å². The van der Waals surface area contributed by atoms with Crippen LogP contribution in [0, 0.1) is 6.92 Å². The monoisotopic (exact) mass is 204 g/mol. The number of aromatic nitrogens is 2. The van der Waals surface area contributed by atoms with Crippen molar-refractivity contribution in [3.63, 3.8) is 0 Å². The van der Waals surface area contributed by atoms with Crippen molar-refractivity contribution in [1.82, 2.24) is 10.1 Å². The van der Waals surface area contributed by atoms with Gasteiger partial charge in [-0.15, -0.1) is 0 Å². The van der Waals surface area contributed by atoms with Crippen molar-refractivity contribution in [2.24, 2.45) is 0 Å². The van der Waals surface area contributed by atoms with Crippen LogP contribution in [0.25, 0.3) is 0 Å². The first-order chi connectivity index (χ1) is 7.25. The quantitative estimate of drug-likeness (QED) is 0.793. The summed E-state index contributed by atoms with van der Waals surface area (Å²) < 4.78 is 5.06. The Morgan fingerprint density at radius 1 is 1.53 bits per heavy atom. The second-order valence-corrected chi connectivity index (χ2v) is 3.25. The molecule has 78 valence electrons. The molecule has 2 heterocycles. The molecule has 0 aromatic carbocycles. The molecule has 0 radical (unpaired) electrons. The lowest BCUT2D eigenvalue weighted by Crippen LogP contribution is -2.01. The van der Waals surface area contributed by atoms with Gasteiger partial charge in [0.25, 0.3) is 0 Å². The molecular formula is C10H12N4O. The van der Waals surface area contributed by atoms with Crippen molar-refractivity contribution in [1.29, 1.82) is 0 Å². The van der Waals surface area contributed by atoms with Crippen LogP contribution < -0.4 is 11.1 Å². The van der Waals surface area contributed by atoms with E-state index in [1.54, 1.807) is 12.4 Å². The molecule has 0 amide bonds. The maximum atomic E-state index is 5.72. The summed E-state index contributed by atoms with van der Waals surface area (Å²) in [5, 5.41) is 6.94. The van der Waals surface area contributed by atoms with E-state index in [0.29, 0.717) is 12.2 Å². The van der Waals surface area contributed by atoms with Crippen LogP contribution in [0.2, 0.25) is 0 Å². The number of nitrogens with one attached hydrogen (secondary N) is 1. The molecule has 2 rings (SSSR count). The van der Waals surface area contributed by atoms with E-state index in [9.17, 15) is 0 Å². The molecule has 2 aromatic heterocycles. The molecule has 0 aliphatic heterocycles. The first-order valence-electron chi connectivity index (χ1n) is 4.61. The molecule has 0 saturated carbocycles.